The molecule has 2 aromatic rings. The third-order valence-electron chi connectivity index (χ3n) is 2.93. The van der Waals surface area contributed by atoms with Crippen LogP contribution in [0.1, 0.15) is 24.2 Å². The molecule has 0 radical (unpaired) electrons. The van der Waals surface area contributed by atoms with Gasteiger partial charge in [-0.2, -0.15) is 0 Å². The molecular formula is C14H15NO2. The number of carboxylic acids is 1. The first-order valence-electron chi connectivity index (χ1n) is 5.56. The Morgan fingerprint density at radius 2 is 2.18 bits per heavy atom. The highest BCUT2D eigenvalue weighted by atomic mass is 16.4. The Hall–Kier alpha value is -2.03. The first kappa shape index (κ1) is 11.5. The Balaban J connectivity index is 2.45. The standard InChI is InChI=1S/C14H15NO2/c1-3-10(2)9-15-7-6-11-8-12(14(16)17)4-5-13(11)15/h3-8H,9H2,1-2H3,(H,16,17)/b10-3+. The molecule has 0 spiro atoms. The number of aromatic carboxylic acids is 1. The molecule has 1 aromatic heterocycles. The summed E-state index contributed by atoms with van der Waals surface area (Å²) >= 11 is 0. The van der Waals surface area contributed by atoms with Gasteiger partial charge in [-0.15, -0.1) is 0 Å². The molecule has 0 fully saturated rings. The fourth-order valence-electron chi connectivity index (χ4n) is 1.83. The van der Waals surface area contributed by atoms with E-state index in [0.717, 1.165) is 17.4 Å². The Morgan fingerprint density at radius 3 is 2.82 bits per heavy atom. The van der Waals surface area contributed by atoms with Crippen molar-refractivity contribution in [2.45, 2.75) is 20.4 Å². The van der Waals surface area contributed by atoms with E-state index in [1.54, 1.807) is 12.1 Å². The lowest BCUT2D eigenvalue weighted by Crippen LogP contribution is -1.98. The number of nitrogens with zero attached hydrogens (tertiary/aromatic N) is 1. The van der Waals surface area contributed by atoms with Gasteiger partial charge in [-0.1, -0.05) is 11.6 Å². The summed E-state index contributed by atoms with van der Waals surface area (Å²) in [5, 5.41) is 9.89. The highest BCUT2D eigenvalue weighted by Gasteiger charge is 2.06. The molecule has 2 rings (SSSR count). The molecule has 0 saturated heterocycles. The maximum Gasteiger partial charge on any atom is 0.335 e. The third kappa shape index (κ3) is 2.23. The molecule has 0 aliphatic heterocycles. The van der Waals surface area contributed by atoms with E-state index in [1.165, 1.54) is 5.57 Å². The smallest absolute Gasteiger partial charge is 0.335 e. The molecule has 0 saturated carbocycles. The van der Waals surface area contributed by atoms with Crippen LogP contribution in [0.3, 0.4) is 0 Å². The molecule has 1 heterocycles. The quantitative estimate of drug-likeness (QED) is 0.820. The van der Waals surface area contributed by atoms with Crippen molar-refractivity contribution in [3.8, 4) is 0 Å². The highest BCUT2D eigenvalue weighted by molar-refractivity contribution is 5.93. The molecule has 3 heteroatoms. The predicted octanol–water partition coefficient (Wildman–Crippen LogP) is 3.31. The molecular weight excluding hydrogens is 214 g/mol. The van der Waals surface area contributed by atoms with Crippen molar-refractivity contribution in [2.75, 3.05) is 0 Å². The molecule has 17 heavy (non-hydrogen) atoms. The van der Waals surface area contributed by atoms with Gasteiger partial charge in [-0.3, -0.25) is 0 Å². The van der Waals surface area contributed by atoms with E-state index < -0.39 is 5.97 Å². The number of rotatable bonds is 3. The second-order valence-corrected chi connectivity index (χ2v) is 4.16. The number of benzene rings is 1. The van der Waals surface area contributed by atoms with Gasteiger partial charge < -0.3 is 9.67 Å². The van der Waals surface area contributed by atoms with Crippen LogP contribution in [0, 0.1) is 0 Å². The Bertz CT molecular complexity index is 593. The summed E-state index contributed by atoms with van der Waals surface area (Å²) in [4.78, 5) is 10.9. The summed E-state index contributed by atoms with van der Waals surface area (Å²) in [7, 11) is 0. The van der Waals surface area contributed by atoms with Crippen LogP contribution in [0.2, 0.25) is 0 Å². The fraction of sp³-hybridized carbons (Fsp3) is 0.214. The van der Waals surface area contributed by atoms with E-state index in [-0.39, 0.29) is 0 Å². The van der Waals surface area contributed by atoms with Crippen LogP contribution in [0.5, 0.6) is 0 Å². The van der Waals surface area contributed by atoms with Gasteiger partial charge in [0.1, 0.15) is 0 Å². The molecule has 3 nitrogen and oxygen atoms in total. The van der Waals surface area contributed by atoms with Gasteiger partial charge >= 0.3 is 5.97 Å². The molecule has 0 bridgehead atoms. The van der Waals surface area contributed by atoms with Crippen molar-refractivity contribution in [2.24, 2.45) is 0 Å². The zero-order valence-electron chi connectivity index (χ0n) is 9.97. The van der Waals surface area contributed by atoms with Gasteiger partial charge in [-0.25, -0.2) is 4.79 Å². The summed E-state index contributed by atoms with van der Waals surface area (Å²) in [6.07, 6.45) is 4.07. The van der Waals surface area contributed by atoms with E-state index >= 15 is 0 Å². The zero-order valence-corrected chi connectivity index (χ0v) is 9.97. The zero-order chi connectivity index (χ0) is 12.4. The van der Waals surface area contributed by atoms with Gasteiger partial charge in [0.15, 0.2) is 0 Å². The van der Waals surface area contributed by atoms with E-state index in [0.29, 0.717) is 5.56 Å². The minimum absolute atomic E-state index is 0.331. The van der Waals surface area contributed by atoms with E-state index in [4.69, 9.17) is 5.11 Å². The van der Waals surface area contributed by atoms with Crippen molar-refractivity contribution in [1.29, 1.82) is 0 Å². The number of allylic oxidation sites excluding steroid dienone is 2. The van der Waals surface area contributed by atoms with E-state index in [2.05, 4.69) is 17.6 Å². The van der Waals surface area contributed by atoms with Gasteiger partial charge in [0, 0.05) is 23.6 Å². The third-order valence-corrected chi connectivity index (χ3v) is 2.93. The van der Waals surface area contributed by atoms with Crippen LogP contribution in [-0.2, 0) is 6.54 Å². The van der Waals surface area contributed by atoms with Gasteiger partial charge in [0.25, 0.3) is 0 Å². The number of carboxylic acid groups (broad SMARTS) is 1. The second-order valence-electron chi connectivity index (χ2n) is 4.16. The summed E-state index contributed by atoms with van der Waals surface area (Å²) in [6, 6.07) is 7.16. The Labute approximate surface area is 100.0 Å². The predicted molar refractivity (Wildman–Crippen MR) is 68.3 cm³/mol. The van der Waals surface area contributed by atoms with E-state index in [1.807, 2.05) is 25.3 Å². The van der Waals surface area contributed by atoms with Gasteiger partial charge in [0.05, 0.1) is 5.56 Å². The molecule has 1 N–H and O–H groups in total. The van der Waals surface area contributed by atoms with Crippen LogP contribution in [0.25, 0.3) is 10.9 Å². The maximum absolute atomic E-state index is 10.9. The topological polar surface area (TPSA) is 42.2 Å². The van der Waals surface area contributed by atoms with Crippen molar-refractivity contribution in [3.63, 3.8) is 0 Å². The molecule has 0 aliphatic rings. The summed E-state index contributed by atoms with van der Waals surface area (Å²) in [5.74, 6) is -0.885. The monoisotopic (exact) mass is 229 g/mol. The van der Waals surface area contributed by atoms with Crippen molar-refractivity contribution >= 4 is 16.9 Å². The van der Waals surface area contributed by atoms with Crippen LogP contribution < -0.4 is 0 Å². The maximum atomic E-state index is 10.9. The van der Waals surface area contributed by atoms with Crippen LogP contribution in [0.15, 0.2) is 42.1 Å². The van der Waals surface area contributed by atoms with Gasteiger partial charge in [0.2, 0.25) is 0 Å². The minimum atomic E-state index is -0.885. The van der Waals surface area contributed by atoms with Crippen molar-refractivity contribution < 1.29 is 9.90 Å². The molecule has 0 unspecified atom stereocenters. The molecule has 1 aromatic carbocycles. The van der Waals surface area contributed by atoms with Gasteiger partial charge in [-0.05, 0) is 38.1 Å². The lowest BCUT2D eigenvalue weighted by atomic mass is 10.1. The lowest BCUT2D eigenvalue weighted by molar-refractivity contribution is 0.0697. The number of hydrogen-bond donors (Lipinski definition) is 1. The number of aromatic nitrogens is 1. The molecule has 0 aliphatic carbocycles. The molecule has 0 amide bonds. The fourth-order valence-corrected chi connectivity index (χ4v) is 1.83. The highest BCUT2D eigenvalue weighted by Crippen LogP contribution is 2.18. The number of hydrogen-bond acceptors (Lipinski definition) is 1. The molecule has 88 valence electrons. The average molecular weight is 229 g/mol. The van der Waals surface area contributed by atoms with Crippen LogP contribution >= 0.6 is 0 Å². The SMILES string of the molecule is C/C=C(\C)Cn1ccc2cc(C(=O)O)ccc21. The second kappa shape index (κ2) is 4.45. The lowest BCUT2D eigenvalue weighted by Gasteiger charge is -2.05. The minimum Gasteiger partial charge on any atom is -0.478 e. The van der Waals surface area contributed by atoms with Crippen LogP contribution in [-0.4, -0.2) is 15.6 Å². The summed E-state index contributed by atoms with van der Waals surface area (Å²) in [6.45, 7) is 4.94. The van der Waals surface area contributed by atoms with E-state index in [9.17, 15) is 4.79 Å². The van der Waals surface area contributed by atoms with Crippen molar-refractivity contribution in [3.05, 3.63) is 47.7 Å². The summed E-state index contributed by atoms with van der Waals surface area (Å²) < 4.78 is 2.12. The Kier molecular flexibility index (Phi) is 3.00. The normalized spacial score (nSPS) is 12.0. The average Bonchev–Trinajstić information content (AvgIpc) is 2.71. The van der Waals surface area contributed by atoms with Crippen LogP contribution in [0.4, 0.5) is 0 Å². The summed E-state index contributed by atoms with van der Waals surface area (Å²) in [5.41, 5.74) is 2.68. The Morgan fingerprint density at radius 1 is 1.41 bits per heavy atom. The first-order valence-corrected chi connectivity index (χ1v) is 5.56. The first-order chi connectivity index (χ1) is 8.11. The van der Waals surface area contributed by atoms with Crippen molar-refractivity contribution in [1.82, 2.24) is 4.57 Å². The number of carbonyl (C=O) groups is 1. The molecule has 0 atom stereocenters. The largest absolute Gasteiger partial charge is 0.478 e. The number of fused-ring (bicyclic) bond motifs is 1.